The van der Waals surface area contributed by atoms with Gasteiger partial charge in [0.15, 0.2) is 0 Å². The van der Waals surface area contributed by atoms with Crippen LogP contribution in [0, 0.1) is 0 Å². The van der Waals surface area contributed by atoms with Crippen LogP contribution in [0.3, 0.4) is 0 Å². The number of hydrogen-bond donors (Lipinski definition) is 1. The van der Waals surface area contributed by atoms with E-state index in [1.807, 2.05) is 13.8 Å². The predicted molar refractivity (Wildman–Crippen MR) is 87.4 cm³/mol. The van der Waals surface area contributed by atoms with Crippen molar-refractivity contribution >= 4 is 18.3 Å². The van der Waals surface area contributed by atoms with Gasteiger partial charge in [-0.1, -0.05) is 12.1 Å². The molecule has 0 aromatic heterocycles. The number of nitrogens with two attached hydrogens (primary N) is 1. The lowest BCUT2D eigenvalue weighted by molar-refractivity contribution is -0.137. The molecule has 0 aliphatic rings. The first-order valence-corrected chi connectivity index (χ1v) is 7.39. The summed E-state index contributed by atoms with van der Waals surface area (Å²) in [5.74, 6) is -0.0929. The highest BCUT2D eigenvalue weighted by atomic mass is 35.5. The number of amides is 1. The van der Waals surface area contributed by atoms with Gasteiger partial charge in [0.05, 0.1) is 11.6 Å². The van der Waals surface area contributed by atoms with Gasteiger partial charge in [0.25, 0.3) is 0 Å². The van der Waals surface area contributed by atoms with Gasteiger partial charge in [0.2, 0.25) is 5.91 Å². The standard InChI is InChI=1S/C16H23F3N2O.ClH/c1-4-21(15(22)9-8-11(2)20)12(3)13-6-5-7-14(10-13)16(17,18)19;/h5-7,10-12H,4,8-9,20H2,1-3H3;1H. The molecular formula is C16H24ClF3N2O. The van der Waals surface area contributed by atoms with Crippen molar-refractivity contribution in [3.63, 3.8) is 0 Å². The fourth-order valence-corrected chi connectivity index (χ4v) is 2.32. The average Bonchev–Trinajstić information content (AvgIpc) is 2.45. The van der Waals surface area contributed by atoms with Crippen LogP contribution in [-0.2, 0) is 11.0 Å². The minimum atomic E-state index is -4.38. The number of alkyl halides is 3. The number of halogens is 4. The zero-order valence-electron chi connectivity index (χ0n) is 13.6. The van der Waals surface area contributed by atoms with Crippen molar-refractivity contribution in [2.45, 2.75) is 51.9 Å². The molecule has 0 aliphatic carbocycles. The summed E-state index contributed by atoms with van der Waals surface area (Å²) in [6.45, 7) is 5.81. The first-order valence-electron chi connectivity index (χ1n) is 7.39. The lowest BCUT2D eigenvalue weighted by Crippen LogP contribution is -2.34. The summed E-state index contributed by atoms with van der Waals surface area (Å²) in [7, 11) is 0. The van der Waals surface area contributed by atoms with E-state index in [1.54, 1.807) is 17.9 Å². The van der Waals surface area contributed by atoms with Crippen molar-refractivity contribution in [1.82, 2.24) is 4.90 Å². The Balaban J connectivity index is 0.00000484. The molecule has 3 nitrogen and oxygen atoms in total. The highest BCUT2D eigenvalue weighted by molar-refractivity contribution is 5.85. The lowest BCUT2D eigenvalue weighted by Gasteiger charge is -2.29. The Morgan fingerprint density at radius 3 is 2.39 bits per heavy atom. The van der Waals surface area contributed by atoms with E-state index in [0.717, 1.165) is 12.1 Å². The molecule has 0 fully saturated rings. The molecule has 1 aromatic rings. The van der Waals surface area contributed by atoms with Crippen LogP contribution in [0.4, 0.5) is 13.2 Å². The third-order valence-corrected chi connectivity index (χ3v) is 3.64. The summed E-state index contributed by atoms with van der Waals surface area (Å²) in [5.41, 5.74) is 5.42. The molecule has 0 radical (unpaired) electrons. The number of nitrogens with zero attached hydrogens (tertiary/aromatic N) is 1. The molecule has 0 heterocycles. The third kappa shape index (κ3) is 6.39. The van der Waals surface area contributed by atoms with Crippen LogP contribution in [0.5, 0.6) is 0 Å². The van der Waals surface area contributed by atoms with Crippen molar-refractivity contribution in [2.75, 3.05) is 6.54 Å². The number of hydrogen-bond acceptors (Lipinski definition) is 2. The van der Waals surface area contributed by atoms with Gasteiger partial charge in [-0.3, -0.25) is 4.79 Å². The quantitative estimate of drug-likeness (QED) is 0.835. The molecule has 1 rings (SSSR count). The molecule has 2 unspecified atom stereocenters. The van der Waals surface area contributed by atoms with Gasteiger partial charge in [-0.25, -0.2) is 0 Å². The molecule has 2 atom stereocenters. The molecular weight excluding hydrogens is 329 g/mol. The van der Waals surface area contributed by atoms with E-state index >= 15 is 0 Å². The third-order valence-electron chi connectivity index (χ3n) is 3.64. The lowest BCUT2D eigenvalue weighted by atomic mass is 10.0. The molecule has 0 spiro atoms. The topological polar surface area (TPSA) is 46.3 Å². The second-order valence-corrected chi connectivity index (χ2v) is 5.49. The fourth-order valence-electron chi connectivity index (χ4n) is 2.32. The van der Waals surface area contributed by atoms with E-state index in [4.69, 9.17) is 5.73 Å². The van der Waals surface area contributed by atoms with Gasteiger partial charge in [0, 0.05) is 19.0 Å². The normalized spacial score (nSPS) is 13.9. The Morgan fingerprint density at radius 1 is 1.30 bits per heavy atom. The highest BCUT2D eigenvalue weighted by Crippen LogP contribution is 2.32. The van der Waals surface area contributed by atoms with Gasteiger partial charge >= 0.3 is 6.18 Å². The van der Waals surface area contributed by atoms with Gasteiger partial charge in [0.1, 0.15) is 0 Å². The van der Waals surface area contributed by atoms with Crippen molar-refractivity contribution in [3.8, 4) is 0 Å². The Hall–Kier alpha value is -1.27. The molecule has 7 heteroatoms. The SMILES string of the molecule is CCN(C(=O)CCC(C)N)C(C)c1cccc(C(F)(F)F)c1.Cl. The van der Waals surface area contributed by atoms with Crippen LogP contribution in [0.2, 0.25) is 0 Å². The minimum absolute atomic E-state index is 0. The zero-order chi connectivity index (χ0) is 16.9. The van der Waals surface area contributed by atoms with Gasteiger partial charge in [-0.05, 0) is 44.9 Å². The molecule has 0 bridgehead atoms. The van der Waals surface area contributed by atoms with Crippen LogP contribution < -0.4 is 5.73 Å². The summed E-state index contributed by atoms with van der Waals surface area (Å²) in [4.78, 5) is 13.8. The second kappa shape index (κ2) is 9.13. The molecule has 0 saturated heterocycles. The first-order chi connectivity index (χ1) is 10.2. The van der Waals surface area contributed by atoms with E-state index in [2.05, 4.69) is 0 Å². The molecule has 132 valence electrons. The monoisotopic (exact) mass is 352 g/mol. The van der Waals surface area contributed by atoms with Crippen molar-refractivity contribution in [2.24, 2.45) is 5.73 Å². The van der Waals surface area contributed by atoms with Crippen molar-refractivity contribution < 1.29 is 18.0 Å². The number of benzene rings is 1. The summed E-state index contributed by atoms with van der Waals surface area (Å²) < 4.78 is 38.4. The number of rotatable bonds is 6. The maximum absolute atomic E-state index is 12.8. The molecule has 1 aromatic carbocycles. The van der Waals surface area contributed by atoms with Gasteiger partial charge < -0.3 is 10.6 Å². The summed E-state index contributed by atoms with van der Waals surface area (Å²) in [6.07, 6.45) is -3.52. The number of carbonyl (C=O) groups is 1. The van der Waals surface area contributed by atoms with E-state index in [0.29, 0.717) is 24.9 Å². The van der Waals surface area contributed by atoms with E-state index in [-0.39, 0.29) is 24.4 Å². The Morgan fingerprint density at radius 2 is 1.91 bits per heavy atom. The first kappa shape index (κ1) is 21.7. The summed E-state index contributed by atoms with van der Waals surface area (Å²) in [5, 5.41) is 0. The van der Waals surface area contributed by atoms with Gasteiger partial charge in [-0.15, -0.1) is 12.4 Å². The average molecular weight is 353 g/mol. The second-order valence-electron chi connectivity index (χ2n) is 5.49. The van der Waals surface area contributed by atoms with Crippen molar-refractivity contribution in [3.05, 3.63) is 35.4 Å². The Labute approximate surface area is 141 Å². The Kier molecular flexibility index (Phi) is 8.63. The fraction of sp³-hybridized carbons (Fsp3) is 0.562. The molecule has 0 saturated carbocycles. The number of carbonyl (C=O) groups excluding carboxylic acids is 1. The molecule has 1 amide bonds. The van der Waals surface area contributed by atoms with Crippen LogP contribution >= 0.6 is 12.4 Å². The van der Waals surface area contributed by atoms with E-state index in [1.165, 1.54) is 6.07 Å². The summed E-state index contributed by atoms with van der Waals surface area (Å²) in [6, 6.07) is 4.63. The minimum Gasteiger partial charge on any atom is -0.336 e. The zero-order valence-corrected chi connectivity index (χ0v) is 14.4. The molecule has 23 heavy (non-hydrogen) atoms. The predicted octanol–water partition coefficient (Wildman–Crippen LogP) is 4.16. The van der Waals surface area contributed by atoms with Crippen LogP contribution in [-0.4, -0.2) is 23.4 Å². The smallest absolute Gasteiger partial charge is 0.336 e. The Bertz CT molecular complexity index is 506. The van der Waals surface area contributed by atoms with Crippen LogP contribution in [0.15, 0.2) is 24.3 Å². The summed E-state index contributed by atoms with van der Waals surface area (Å²) >= 11 is 0. The van der Waals surface area contributed by atoms with E-state index < -0.39 is 17.8 Å². The maximum atomic E-state index is 12.8. The maximum Gasteiger partial charge on any atom is 0.416 e. The van der Waals surface area contributed by atoms with Crippen LogP contribution in [0.25, 0.3) is 0 Å². The van der Waals surface area contributed by atoms with Crippen LogP contribution in [0.1, 0.15) is 50.8 Å². The largest absolute Gasteiger partial charge is 0.416 e. The van der Waals surface area contributed by atoms with Crippen molar-refractivity contribution in [1.29, 1.82) is 0 Å². The van der Waals surface area contributed by atoms with E-state index in [9.17, 15) is 18.0 Å². The molecule has 2 N–H and O–H groups in total. The van der Waals surface area contributed by atoms with Gasteiger partial charge in [-0.2, -0.15) is 13.2 Å². The molecule has 0 aliphatic heterocycles. The highest BCUT2D eigenvalue weighted by Gasteiger charge is 2.31.